The Hall–Kier alpha value is -1.62. The molecule has 21 heavy (non-hydrogen) atoms. The van der Waals surface area contributed by atoms with Crippen molar-refractivity contribution in [3.63, 3.8) is 0 Å². The standard InChI is InChI=1S/C16H20N2O2S/c1-11-8-16(9-11,14(17)21)15(19)18-6-7-20-13-5-3-2-4-12(13)10-18/h2-5,11H,6-10H2,1H3,(H2,17,21). The molecule has 1 aliphatic heterocycles. The largest absolute Gasteiger partial charge is 0.491 e. The monoisotopic (exact) mass is 304 g/mol. The highest BCUT2D eigenvalue weighted by atomic mass is 32.1. The summed E-state index contributed by atoms with van der Waals surface area (Å²) in [5, 5.41) is 0. The Morgan fingerprint density at radius 3 is 2.81 bits per heavy atom. The molecule has 0 spiro atoms. The Kier molecular flexibility index (Phi) is 3.61. The fourth-order valence-corrected chi connectivity index (χ4v) is 3.67. The number of ether oxygens (including phenoxy) is 1. The maximum absolute atomic E-state index is 13.0. The zero-order chi connectivity index (χ0) is 15.0. The van der Waals surface area contributed by atoms with Crippen molar-refractivity contribution in [1.29, 1.82) is 0 Å². The summed E-state index contributed by atoms with van der Waals surface area (Å²) < 4.78 is 5.72. The van der Waals surface area contributed by atoms with Crippen molar-refractivity contribution in [2.45, 2.75) is 26.3 Å². The van der Waals surface area contributed by atoms with Crippen LogP contribution in [-0.2, 0) is 11.3 Å². The van der Waals surface area contributed by atoms with Crippen LogP contribution in [0.3, 0.4) is 0 Å². The number of thiocarbonyl (C=S) groups is 1. The second-order valence-electron chi connectivity index (χ2n) is 6.14. The molecule has 0 radical (unpaired) electrons. The van der Waals surface area contributed by atoms with Crippen molar-refractivity contribution >= 4 is 23.1 Å². The number of hydrogen-bond donors (Lipinski definition) is 1. The van der Waals surface area contributed by atoms with Crippen molar-refractivity contribution < 1.29 is 9.53 Å². The van der Waals surface area contributed by atoms with E-state index in [-0.39, 0.29) is 5.91 Å². The van der Waals surface area contributed by atoms with Gasteiger partial charge in [-0.3, -0.25) is 4.79 Å². The minimum Gasteiger partial charge on any atom is -0.491 e. The fourth-order valence-electron chi connectivity index (χ4n) is 3.41. The third-order valence-corrected chi connectivity index (χ3v) is 4.91. The second kappa shape index (κ2) is 5.30. The van der Waals surface area contributed by atoms with Crippen molar-refractivity contribution in [3.05, 3.63) is 29.8 Å². The smallest absolute Gasteiger partial charge is 0.236 e. The van der Waals surface area contributed by atoms with E-state index in [1.165, 1.54) is 0 Å². The lowest BCUT2D eigenvalue weighted by atomic mass is 9.61. The van der Waals surface area contributed by atoms with Gasteiger partial charge in [0.25, 0.3) is 0 Å². The quantitative estimate of drug-likeness (QED) is 0.850. The fraction of sp³-hybridized carbons (Fsp3) is 0.500. The van der Waals surface area contributed by atoms with Crippen molar-refractivity contribution in [1.82, 2.24) is 4.90 Å². The number of nitrogens with zero attached hydrogens (tertiary/aromatic N) is 1. The van der Waals surface area contributed by atoms with Gasteiger partial charge in [-0.15, -0.1) is 0 Å². The first-order valence-corrected chi connectivity index (χ1v) is 7.74. The molecular formula is C16H20N2O2S. The molecule has 1 amide bonds. The molecule has 0 saturated heterocycles. The molecule has 2 aliphatic rings. The molecule has 3 rings (SSSR count). The van der Waals surface area contributed by atoms with E-state index in [1.807, 2.05) is 29.2 Å². The Morgan fingerprint density at radius 2 is 2.14 bits per heavy atom. The molecule has 1 aromatic rings. The molecule has 1 saturated carbocycles. The predicted octanol–water partition coefficient (Wildman–Crippen LogP) is 2.11. The van der Waals surface area contributed by atoms with E-state index in [9.17, 15) is 4.79 Å². The lowest BCUT2D eigenvalue weighted by molar-refractivity contribution is -0.144. The van der Waals surface area contributed by atoms with Crippen molar-refractivity contribution in [3.8, 4) is 5.75 Å². The van der Waals surface area contributed by atoms with E-state index in [0.717, 1.165) is 24.2 Å². The molecule has 112 valence electrons. The Balaban J connectivity index is 1.84. The molecule has 0 bridgehead atoms. The lowest BCUT2D eigenvalue weighted by Gasteiger charge is -2.46. The molecule has 1 aliphatic carbocycles. The average molecular weight is 304 g/mol. The first kappa shape index (κ1) is 14.3. The normalized spacial score (nSPS) is 27.9. The van der Waals surface area contributed by atoms with Gasteiger partial charge in [0, 0.05) is 12.1 Å². The van der Waals surface area contributed by atoms with E-state index < -0.39 is 5.41 Å². The number of rotatable bonds is 2. The van der Waals surface area contributed by atoms with E-state index in [4.69, 9.17) is 22.7 Å². The zero-order valence-corrected chi connectivity index (χ0v) is 13.0. The van der Waals surface area contributed by atoms with Crippen LogP contribution in [-0.4, -0.2) is 28.9 Å². The molecule has 1 fully saturated rings. The van der Waals surface area contributed by atoms with Crippen LogP contribution in [0.25, 0.3) is 0 Å². The SMILES string of the molecule is CC1CC(C(=O)N2CCOc3ccccc3C2)(C(N)=S)C1. The number of fused-ring (bicyclic) bond motifs is 1. The van der Waals surface area contributed by atoms with Crippen LogP contribution >= 0.6 is 12.2 Å². The molecule has 0 aromatic heterocycles. The highest BCUT2D eigenvalue weighted by Gasteiger charge is 2.52. The third-order valence-electron chi connectivity index (χ3n) is 4.51. The Labute approximate surface area is 130 Å². The summed E-state index contributed by atoms with van der Waals surface area (Å²) in [5.41, 5.74) is 6.29. The van der Waals surface area contributed by atoms with Gasteiger partial charge in [0.1, 0.15) is 12.4 Å². The second-order valence-corrected chi connectivity index (χ2v) is 6.58. The van der Waals surface area contributed by atoms with Gasteiger partial charge in [0.05, 0.1) is 16.9 Å². The molecule has 1 aromatic carbocycles. The summed E-state index contributed by atoms with van der Waals surface area (Å²) in [6.07, 6.45) is 1.53. The third kappa shape index (κ3) is 2.39. The van der Waals surface area contributed by atoms with Crippen LogP contribution < -0.4 is 10.5 Å². The predicted molar refractivity (Wildman–Crippen MR) is 85.0 cm³/mol. The van der Waals surface area contributed by atoms with Gasteiger partial charge in [-0.2, -0.15) is 0 Å². The van der Waals surface area contributed by atoms with Gasteiger partial charge in [0.2, 0.25) is 5.91 Å². The summed E-state index contributed by atoms with van der Waals surface area (Å²) >= 11 is 5.19. The van der Waals surface area contributed by atoms with Crippen LogP contribution in [0, 0.1) is 11.3 Å². The lowest BCUT2D eigenvalue weighted by Crippen LogP contribution is -2.57. The van der Waals surface area contributed by atoms with Crippen molar-refractivity contribution in [2.24, 2.45) is 17.1 Å². The number of hydrogen-bond acceptors (Lipinski definition) is 3. The van der Waals surface area contributed by atoms with Crippen LogP contribution in [0.1, 0.15) is 25.3 Å². The summed E-state index contributed by atoms with van der Waals surface area (Å²) in [7, 11) is 0. The highest BCUT2D eigenvalue weighted by molar-refractivity contribution is 7.80. The van der Waals surface area contributed by atoms with E-state index in [2.05, 4.69) is 6.92 Å². The summed E-state index contributed by atoms with van der Waals surface area (Å²) in [6.45, 7) is 3.77. The number of para-hydroxylation sites is 1. The summed E-state index contributed by atoms with van der Waals surface area (Å²) in [5.74, 6) is 1.43. The summed E-state index contributed by atoms with van der Waals surface area (Å²) in [6, 6.07) is 7.85. The number of carbonyl (C=O) groups is 1. The molecule has 0 unspecified atom stereocenters. The number of amides is 1. The molecular weight excluding hydrogens is 284 g/mol. The topological polar surface area (TPSA) is 55.6 Å². The molecule has 2 N–H and O–H groups in total. The van der Waals surface area contributed by atoms with Gasteiger partial charge in [-0.05, 0) is 24.8 Å². The molecule has 1 heterocycles. The van der Waals surface area contributed by atoms with Crippen LogP contribution in [0.2, 0.25) is 0 Å². The van der Waals surface area contributed by atoms with Gasteiger partial charge in [-0.25, -0.2) is 0 Å². The maximum Gasteiger partial charge on any atom is 0.236 e. The highest BCUT2D eigenvalue weighted by Crippen LogP contribution is 2.47. The van der Waals surface area contributed by atoms with Gasteiger partial charge in [-0.1, -0.05) is 37.3 Å². The molecule has 4 nitrogen and oxygen atoms in total. The number of benzene rings is 1. The zero-order valence-electron chi connectivity index (χ0n) is 12.2. The minimum absolute atomic E-state index is 0.0633. The molecule has 5 heteroatoms. The van der Waals surface area contributed by atoms with E-state index in [1.54, 1.807) is 0 Å². The Bertz CT molecular complexity index is 581. The first-order chi connectivity index (χ1) is 10.0. The number of carbonyl (C=O) groups excluding carboxylic acids is 1. The van der Waals surface area contributed by atoms with Gasteiger partial charge < -0.3 is 15.4 Å². The average Bonchev–Trinajstić information content (AvgIpc) is 2.64. The minimum atomic E-state index is -0.631. The van der Waals surface area contributed by atoms with Crippen molar-refractivity contribution in [2.75, 3.05) is 13.2 Å². The van der Waals surface area contributed by atoms with Crippen LogP contribution in [0.15, 0.2) is 24.3 Å². The van der Waals surface area contributed by atoms with Gasteiger partial charge in [0.15, 0.2) is 0 Å². The van der Waals surface area contributed by atoms with E-state index in [0.29, 0.717) is 30.6 Å². The van der Waals surface area contributed by atoms with Gasteiger partial charge >= 0.3 is 0 Å². The van der Waals surface area contributed by atoms with Crippen LogP contribution in [0.4, 0.5) is 0 Å². The maximum atomic E-state index is 13.0. The number of nitrogens with two attached hydrogens (primary N) is 1. The summed E-state index contributed by atoms with van der Waals surface area (Å²) in [4.78, 5) is 15.1. The first-order valence-electron chi connectivity index (χ1n) is 7.33. The molecule has 0 atom stereocenters. The van der Waals surface area contributed by atoms with E-state index >= 15 is 0 Å². The van der Waals surface area contributed by atoms with Crippen LogP contribution in [0.5, 0.6) is 5.75 Å². The Morgan fingerprint density at radius 1 is 1.43 bits per heavy atom.